The molecule has 1 aliphatic carbocycles. The lowest BCUT2D eigenvalue weighted by molar-refractivity contribution is 0.305. The van der Waals surface area contributed by atoms with E-state index in [4.69, 9.17) is 0 Å². The SMILES string of the molecule is CCCCC1(C)C(NC)C1C(C)C(C)C. The predicted octanol–water partition coefficient (Wildman–Crippen LogP) is 3.69. The molecule has 4 atom stereocenters. The van der Waals surface area contributed by atoms with Crippen molar-refractivity contribution in [1.29, 1.82) is 0 Å². The first kappa shape index (κ1) is 13.0. The average molecular weight is 211 g/mol. The molecule has 1 fully saturated rings. The Morgan fingerprint density at radius 3 is 2.27 bits per heavy atom. The fourth-order valence-electron chi connectivity index (χ4n) is 3.31. The lowest BCUT2D eigenvalue weighted by Gasteiger charge is -2.18. The van der Waals surface area contributed by atoms with E-state index in [-0.39, 0.29) is 0 Å². The van der Waals surface area contributed by atoms with E-state index >= 15 is 0 Å². The van der Waals surface area contributed by atoms with Crippen molar-refractivity contribution in [3.63, 3.8) is 0 Å². The Hall–Kier alpha value is -0.0400. The van der Waals surface area contributed by atoms with Gasteiger partial charge >= 0.3 is 0 Å². The molecule has 1 saturated carbocycles. The van der Waals surface area contributed by atoms with Crippen LogP contribution in [0.4, 0.5) is 0 Å². The van der Waals surface area contributed by atoms with Crippen LogP contribution in [0.3, 0.4) is 0 Å². The van der Waals surface area contributed by atoms with Crippen LogP contribution in [0.2, 0.25) is 0 Å². The molecule has 1 nitrogen and oxygen atoms in total. The first-order chi connectivity index (χ1) is 6.99. The normalized spacial score (nSPS) is 37.0. The zero-order valence-electron chi connectivity index (χ0n) is 11.4. The van der Waals surface area contributed by atoms with Crippen LogP contribution in [-0.4, -0.2) is 13.1 Å². The molecule has 0 amide bonds. The van der Waals surface area contributed by atoms with E-state index < -0.39 is 0 Å². The number of rotatable bonds is 6. The topological polar surface area (TPSA) is 12.0 Å². The summed E-state index contributed by atoms with van der Waals surface area (Å²) in [7, 11) is 2.13. The molecule has 1 aliphatic rings. The van der Waals surface area contributed by atoms with Gasteiger partial charge in [-0.1, -0.05) is 47.5 Å². The molecule has 0 heterocycles. The van der Waals surface area contributed by atoms with Crippen LogP contribution in [0.25, 0.3) is 0 Å². The molecule has 0 aromatic carbocycles. The predicted molar refractivity (Wildman–Crippen MR) is 68.0 cm³/mol. The highest BCUT2D eigenvalue weighted by Gasteiger charge is 2.61. The van der Waals surface area contributed by atoms with Crippen LogP contribution in [0.15, 0.2) is 0 Å². The van der Waals surface area contributed by atoms with Crippen LogP contribution in [0.5, 0.6) is 0 Å². The highest BCUT2D eigenvalue weighted by molar-refractivity contribution is 5.14. The third-order valence-corrected chi connectivity index (χ3v) is 4.72. The van der Waals surface area contributed by atoms with E-state index in [2.05, 4.69) is 47.0 Å². The molecular weight excluding hydrogens is 182 g/mol. The van der Waals surface area contributed by atoms with Gasteiger partial charge in [0.1, 0.15) is 0 Å². The van der Waals surface area contributed by atoms with E-state index in [9.17, 15) is 0 Å². The van der Waals surface area contributed by atoms with Crippen LogP contribution < -0.4 is 5.32 Å². The van der Waals surface area contributed by atoms with Crippen molar-refractivity contribution in [2.45, 2.75) is 59.9 Å². The molecule has 90 valence electrons. The van der Waals surface area contributed by atoms with Gasteiger partial charge in [0.2, 0.25) is 0 Å². The van der Waals surface area contributed by atoms with Gasteiger partial charge in [0.05, 0.1) is 0 Å². The highest BCUT2D eigenvalue weighted by atomic mass is 15.0. The summed E-state index contributed by atoms with van der Waals surface area (Å²) >= 11 is 0. The quantitative estimate of drug-likeness (QED) is 0.706. The molecule has 0 spiro atoms. The van der Waals surface area contributed by atoms with Gasteiger partial charge in [0, 0.05) is 6.04 Å². The molecule has 15 heavy (non-hydrogen) atoms. The fraction of sp³-hybridized carbons (Fsp3) is 1.00. The maximum atomic E-state index is 3.52. The molecule has 0 aliphatic heterocycles. The molecule has 0 aromatic heterocycles. The third kappa shape index (κ3) is 2.38. The lowest BCUT2D eigenvalue weighted by Crippen LogP contribution is -2.17. The van der Waals surface area contributed by atoms with E-state index in [1.54, 1.807) is 0 Å². The summed E-state index contributed by atoms with van der Waals surface area (Å²) in [5.74, 6) is 2.56. The highest BCUT2D eigenvalue weighted by Crippen LogP contribution is 2.60. The van der Waals surface area contributed by atoms with Crippen molar-refractivity contribution in [3.8, 4) is 0 Å². The van der Waals surface area contributed by atoms with Crippen molar-refractivity contribution in [3.05, 3.63) is 0 Å². The molecule has 4 unspecified atom stereocenters. The molecule has 0 saturated heterocycles. The molecular formula is C14H29N. The van der Waals surface area contributed by atoms with Gasteiger partial charge in [-0.25, -0.2) is 0 Å². The lowest BCUT2D eigenvalue weighted by atomic mass is 9.86. The molecule has 1 heteroatoms. The molecule has 1 N–H and O–H groups in total. The Labute approximate surface area is 96.0 Å². The average Bonchev–Trinajstić information content (AvgIpc) is 2.79. The number of unbranched alkanes of at least 4 members (excludes halogenated alkanes) is 1. The van der Waals surface area contributed by atoms with E-state index in [0.29, 0.717) is 5.41 Å². The van der Waals surface area contributed by atoms with Crippen molar-refractivity contribution in [2.24, 2.45) is 23.2 Å². The number of nitrogens with one attached hydrogen (secondary N) is 1. The fourth-order valence-corrected chi connectivity index (χ4v) is 3.31. The summed E-state index contributed by atoms with van der Waals surface area (Å²) in [6.07, 6.45) is 4.11. The first-order valence-electron chi connectivity index (χ1n) is 6.66. The molecule has 1 rings (SSSR count). The van der Waals surface area contributed by atoms with E-state index in [0.717, 1.165) is 23.8 Å². The van der Waals surface area contributed by atoms with Crippen molar-refractivity contribution >= 4 is 0 Å². The summed E-state index contributed by atoms with van der Waals surface area (Å²) in [5, 5.41) is 3.52. The van der Waals surface area contributed by atoms with Gasteiger partial charge in [-0.2, -0.15) is 0 Å². The monoisotopic (exact) mass is 211 g/mol. The standard InChI is InChI=1S/C14H29N/c1-7-8-9-14(5)12(13(14)15-6)11(4)10(2)3/h10-13,15H,7-9H2,1-6H3. The maximum Gasteiger partial charge on any atom is 0.0158 e. The Bertz CT molecular complexity index is 200. The minimum Gasteiger partial charge on any atom is -0.316 e. The van der Waals surface area contributed by atoms with Crippen molar-refractivity contribution in [2.75, 3.05) is 7.05 Å². The Morgan fingerprint density at radius 1 is 1.27 bits per heavy atom. The van der Waals surface area contributed by atoms with Gasteiger partial charge in [-0.3, -0.25) is 0 Å². The van der Waals surface area contributed by atoms with Gasteiger partial charge in [-0.05, 0) is 36.6 Å². The third-order valence-electron chi connectivity index (χ3n) is 4.72. The van der Waals surface area contributed by atoms with Crippen LogP contribution in [0, 0.1) is 23.2 Å². The van der Waals surface area contributed by atoms with E-state index in [1.807, 2.05) is 0 Å². The summed E-state index contributed by atoms with van der Waals surface area (Å²) in [6, 6.07) is 0.765. The molecule has 0 radical (unpaired) electrons. The Kier molecular flexibility index (Phi) is 4.22. The second-order valence-electron chi connectivity index (χ2n) is 6.00. The molecule has 0 aromatic rings. The summed E-state index contributed by atoms with van der Waals surface area (Å²) in [6.45, 7) is 11.9. The minimum absolute atomic E-state index is 0.578. The smallest absolute Gasteiger partial charge is 0.0158 e. The summed E-state index contributed by atoms with van der Waals surface area (Å²) in [4.78, 5) is 0. The zero-order chi connectivity index (χ0) is 11.6. The summed E-state index contributed by atoms with van der Waals surface area (Å²) < 4.78 is 0. The first-order valence-corrected chi connectivity index (χ1v) is 6.66. The maximum absolute atomic E-state index is 3.52. The van der Waals surface area contributed by atoms with Gasteiger partial charge in [0.15, 0.2) is 0 Å². The minimum atomic E-state index is 0.578. The second kappa shape index (κ2) is 4.86. The zero-order valence-corrected chi connectivity index (χ0v) is 11.4. The van der Waals surface area contributed by atoms with Gasteiger partial charge in [-0.15, -0.1) is 0 Å². The van der Waals surface area contributed by atoms with Crippen LogP contribution >= 0.6 is 0 Å². The summed E-state index contributed by atoms with van der Waals surface area (Å²) in [5.41, 5.74) is 0.578. The van der Waals surface area contributed by atoms with Crippen LogP contribution in [0.1, 0.15) is 53.9 Å². The molecule has 0 bridgehead atoms. The Morgan fingerprint density at radius 2 is 1.87 bits per heavy atom. The number of hydrogen-bond donors (Lipinski definition) is 1. The number of hydrogen-bond acceptors (Lipinski definition) is 1. The van der Waals surface area contributed by atoms with Gasteiger partial charge in [0.25, 0.3) is 0 Å². The Balaban J connectivity index is 2.58. The van der Waals surface area contributed by atoms with E-state index in [1.165, 1.54) is 19.3 Å². The second-order valence-corrected chi connectivity index (χ2v) is 6.00. The van der Waals surface area contributed by atoms with Crippen molar-refractivity contribution in [1.82, 2.24) is 5.32 Å². The van der Waals surface area contributed by atoms with Crippen LogP contribution in [-0.2, 0) is 0 Å². The largest absolute Gasteiger partial charge is 0.316 e. The van der Waals surface area contributed by atoms with Gasteiger partial charge < -0.3 is 5.32 Å². The van der Waals surface area contributed by atoms with Crippen molar-refractivity contribution < 1.29 is 0 Å².